The minimum Gasteiger partial charge on any atom is -0.449 e. The van der Waals surface area contributed by atoms with Crippen molar-refractivity contribution in [2.75, 3.05) is 13.2 Å². The highest BCUT2D eigenvalue weighted by Gasteiger charge is 2.33. The summed E-state index contributed by atoms with van der Waals surface area (Å²) in [6, 6.07) is 17.1. The highest BCUT2D eigenvalue weighted by atomic mass is 19.4. The molecule has 34 heavy (non-hydrogen) atoms. The predicted octanol–water partition coefficient (Wildman–Crippen LogP) is 4.78. The Hall–Kier alpha value is -3.43. The van der Waals surface area contributed by atoms with Gasteiger partial charge in [0, 0.05) is 12.5 Å². The highest BCUT2D eigenvalue weighted by molar-refractivity contribution is 5.79. The van der Waals surface area contributed by atoms with Crippen LogP contribution < -0.4 is 5.32 Å². The standard InChI is InChI=1S/C25H21F4NO4/c26-16-10-14(9-15(11-16)25(27,28)29)23(32)22(31)12-30-24(33)34-13-21-19-7-3-1-5-17(19)18-6-2-4-8-20(18)21/h1-11,21-23,31-32H,12-13H2,(H,30,33). The van der Waals surface area contributed by atoms with Gasteiger partial charge in [0.25, 0.3) is 0 Å². The normalized spacial score (nSPS) is 14.8. The quantitative estimate of drug-likeness (QED) is 0.449. The van der Waals surface area contributed by atoms with Crippen molar-refractivity contribution in [2.45, 2.75) is 24.3 Å². The number of benzene rings is 3. The van der Waals surface area contributed by atoms with Gasteiger partial charge in [-0.3, -0.25) is 0 Å². The van der Waals surface area contributed by atoms with Crippen LogP contribution in [0.4, 0.5) is 22.4 Å². The summed E-state index contributed by atoms with van der Waals surface area (Å²) in [7, 11) is 0. The van der Waals surface area contributed by atoms with Gasteiger partial charge < -0.3 is 20.3 Å². The Morgan fingerprint density at radius 3 is 2.15 bits per heavy atom. The number of fused-ring (bicyclic) bond motifs is 3. The van der Waals surface area contributed by atoms with E-state index in [0.29, 0.717) is 12.1 Å². The third kappa shape index (κ3) is 4.90. The molecule has 3 aromatic carbocycles. The van der Waals surface area contributed by atoms with Crippen LogP contribution in [0, 0.1) is 5.82 Å². The summed E-state index contributed by atoms with van der Waals surface area (Å²) in [4.78, 5) is 12.2. The zero-order chi connectivity index (χ0) is 24.5. The molecule has 0 saturated heterocycles. The molecule has 0 radical (unpaired) electrons. The number of carbonyl (C=O) groups excluding carboxylic acids is 1. The van der Waals surface area contributed by atoms with E-state index >= 15 is 0 Å². The Bertz CT molecular complexity index is 1150. The lowest BCUT2D eigenvalue weighted by atomic mass is 9.98. The summed E-state index contributed by atoms with van der Waals surface area (Å²) in [5, 5.41) is 22.6. The maximum atomic E-state index is 13.6. The molecule has 0 aromatic heterocycles. The number of nitrogens with one attached hydrogen (secondary N) is 1. The van der Waals surface area contributed by atoms with E-state index in [2.05, 4.69) is 5.32 Å². The van der Waals surface area contributed by atoms with Crippen LogP contribution in [0.1, 0.15) is 34.3 Å². The molecule has 3 N–H and O–H groups in total. The van der Waals surface area contributed by atoms with E-state index in [-0.39, 0.29) is 18.6 Å². The zero-order valence-corrected chi connectivity index (χ0v) is 17.7. The molecule has 4 rings (SSSR count). The molecule has 3 aromatic rings. The van der Waals surface area contributed by atoms with E-state index in [0.717, 1.165) is 22.3 Å². The van der Waals surface area contributed by atoms with Crippen molar-refractivity contribution in [2.24, 2.45) is 0 Å². The van der Waals surface area contributed by atoms with Crippen molar-refractivity contribution in [3.8, 4) is 11.1 Å². The predicted molar refractivity (Wildman–Crippen MR) is 115 cm³/mol. The summed E-state index contributed by atoms with van der Waals surface area (Å²) in [5.41, 5.74) is 2.38. The lowest BCUT2D eigenvalue weighted by Gasteiger charge is -2.20. The largest absolute Gasteiger partial charge is 0.449 e. The van der Waals surface area contributed by atoms with Gasteiger partial charge in [0.2, 0.25) is 0 Å². The summed E-state index contributed by atoms with van der Waals surface area (Å²) >= 11 is 0. The fraction of sp³-hybridized carbons (Fsp3) is 0.240. The number of alkyl carbamates (subject to hydrolysis) is 1. The summed E-state index contributed by atoms with van der Waals surface area (Å²) < 4.78 is 57.5. The molecule has 0 fully saturated rings. The van der Waals surface area contributed by atoms with E-state index in [1.54, 1.807) is 0 Å². The molecule has 1 aliphatic rings. The number of amides is 1. The number of aliphatic hydroxyl groups is 2. The zero-order valence-electron chi connectivity index (χ0n) is 17.7. The van der Waals surface area contributed by atoms with Gasteiger partial charge in [-0.2, -0.15) is 13.2 Å². The smallest absolute Gasteiger partial charge is 0.416 e. The molecule has 2 atom stereocenters. The first-order valence-corrected chi connectivity index (χ1v) is 10.5. The third-order valence-electron chi connectivity index (χ3n) is 5.75. The van der Waals surface area contributed by atoms with Gasteiger partial charge in [-0.1, -0.05) is 48.5 Å². The Kier molecular flexibility index (Phi) is 6.58. The van der Waals surface area contributed by atoms with Gasteiger partial charge in [-0.25, -0.2) is 9.18 Å². The Morgan fingerprint density at radius 1 is 0.971 bits per heavy atom. The molecule has 0 aliphatic heterocycles. The summed E-state index contributed by atoms with van der Waals surface area (Å²) in [6.45, 7) is -0.493. The number of rotatable bonds is 6. The summed E-state index contributed by atoms with van der Waals surface area (Å²) in [6.07, 6.45) is -9.24. The first-order valence-electron chi connectivity index (χ1n) is 10.5. The molecular weight excluding hydrogens is 454 g/mol. The van der Waals surface area contributed by atoms with Crippen LogP contribution in [-0.4, -0.2) is 35.6 Å². The van der Waals surface area contributed by atoms with Crippen molar-refractivity contribution in [1.29, 1.82) is 0 Å². The first-order chi connectivity index (χ1) is 16.1. The maximum absolute atomic E-state index is 13.6. The van der Waals surface area contributed by atoms with Gasteiger partial charge in [0.15, 0.2) is 0 Å². The lowest BCUT2D eigenvalue weighted by Crippen LogP contribution is -2.36. The second-order valence-corrected chi connectivity index (χ2v) is 7.99. The van der Waals surface area contributed by atoms with Crippen LogP contribution in [0.3, 0.4) is 0 Å². The Morgan fingerprint density at radius 2 is 1.56 bits per heavy atom. The SMILES string of the molecule is O=C(NCC(O)C(O)c1cc(F)cc(C(F)(F)F)c1)OCC1c2ccccc2-c2ccccc21. The Labute approximate surface area is 192 Å². The first kappa shape index (κ1) is 23.7. The average molecular weight is 475 g/mol. The molecule has 5 nitrogen and oxygen atoms in total. The molecule has 0 spiro atoms. The molecule has 1 aliphatic carbocycles. The van der Waals surface area contributed by atoms with Crippen molar-refractivity contribution >= 4 is 6.09 Å². The Balaban J connectivity index is 1.36. The van der Waals surface area contributed by atoms with Crippen LogP contribution in [0.5, 0.6) is 0 Å². The fourth-order valence-electron chi connectivity index (χ4n) is 4.12. The van der Waals surface area contributed by atoms with Crippen LogP contribution in [0.2, 0.25) is 0 Å². The molecule has 178 valence electrons. The number of carbonyl (C=O) groups is 1. The molecule has 9 heteroatoms. The van der Waals surface area contributed by atoms with Crippen LogP contribution in [-0.2, 0) is 10.9 Å². The van der Waals surface area contributed by atoms with Crippen molar-refractivity contribution < 1.29 is 37.3 Å². The minimum atomic E-state index is -4.82. The van der Waals surface area contributed by atoms with Crippen molar-refractivity contribution in [3.63, 3.8) is 0 Å². The van der Waals surface area contributed by atoms with Crippen LogP contribution in [0.15, 0.2) is 66.7 Å². The van der Waals surface area contributed by atoms with Gasteiger partial charge in [0.1, 0.15) is 24.6 Å². The van der Waals surface area contributed by atoms with E-state index in [9.17, 15) is 32.6 Å². The molecule has 2 unspecified atom stereocenters. The monoisotopic (exact) mass is 475 g/mol. The fourth-order valence-corrected chi connectivity index (χ4v) is 4.12. The number of hydrogen-bond acceptors (Lipinski definition) is 4. The molecular formula is C25H21F4NO4. The average Bonchev–Trinajstić information content (AvgIpc) is 3.13. The second kappa shape index (κ2) is 9.44. The molecule has 0 heterocycles. The van der Waals surface area contributed by atoms with Gasteiger partial charge in [0.05, 0.1) is 5.56 Å². The highest BCUT2D eigenvalue weighted by Crippen LogP contribution is 2.44. The van der Waals surface area contributed by atoms with E-state index < -0.39 is 48.0 Å². The van der Waals surface area contributed by atoms with E-state index in [1.165, 1.54) is 0 Å². The second-order valence-electron chi connectivity index (χ2n) is 7.99. The molecule has 0 saturated carbocycles. The van der Waals surface area contributed by atoms with Crippen LogP contribution in [0.25, 0.3) is 11.1 Å². The number of halogens is 4. The lowest BCUT2D eigenvalue weighted by molar-refractivity contribution is -0.137. The van der Waals surface area contributed by atoms with Gasteiger partial charge in [-0.05, 0) is 46.0 Å². The third-order valence-corrected chi connectivity index (χ3v) is 5.75. The van der Waals surface area contributed by atoms with Crippen molar-refractivity contribution in [1.82, 2.24) is 5.32 Å². The number of alkyl halides is 3. The number of aliphatic hydroxyl groups excluding tert-OH is 2. The number of ether oxygens (including phenoxy) is 1. The van der Waals surface area contributed by atoms with Crippen LogP contribution >= 0.6 is 0 Å². The minimum absolute atomic E-state index is 0.0251. The van der Waals surface area contributed by atoms with Crippen molar-refractivity contribution in [3.05, 3.63) is 94.8 Å². The van der Waals surface area contributed by atoms with E-state index in [1.807, 2.05) is 48.5 Å². The molecule has 0 bridgehead atoms. The summed E-state index contributed by atoms with van der Waals surface area (Å²) in [5.74, 6) is -1.39. The van der Waals surface area contributed by atoms with Gasteiger partial charge in [-0.15, -0.1) is 0 Å². The van der Waals surface area contributed by atoms with E-state index in [4.69, 9.17) is 4.74 Å². The van der Waals surface area contributed by atoms with Gasteiger partial charge >= 0.3 is 12.3 Å². The number of hydrogen-bond donors (Lipinski definition) is 3. The maximum Gasteiger partial charge on any atom is 0.416 e. The molecule has 1 amide bonds. The topological polar surface area (TPSA) is 78.8 Å².